The topological polar surface area (TPSA) is 78.4 Å². The number of carboxylic acids is 1. The molecule has 0 aromatic carbocycles. The first-order valence-corrected chi connectivity index (χ1v) is 4.91. The van der Waals surface area contributed by atoms with Gasteiger partial charge in [0.2, 0.25) is 5.91 Å². The summed E-state index contributed by atoms with van der Waals surface area (Å²) in [7, 11) is 0. The normalized spacial score (nSPS) is 23.1. The molecule has 0 unspecified atom stereocenters. The molecule has 1 fully saturated rings. The van der Waals surface area contributed by atoms with E-state index in [9.17, 15) is 9.59 Å². The van der Waals surface area contributed by atoms with Gasteiger partial charge in [-0.2, -0.15) is 0 Å². The van der Waals surface area contributed by atoms with Crippen LogP contribution in [0.5, 0.6) is 0 Å². The van der Waals surface area contributed by atoms with Crippen LogP contribution < -0.4 is 10.6 Å². The number of amides is 1. The summed E-state index contributed by atoms with van der Waals surface area (Å²) in [4.78, 5) is 22.1. The van der Waals surface area contributed by atoms with Gasteiger partial charge in [-0.05, 0) is 25.8 Å². The number of aliphatic carboxylic acids is 1. The van der Waals surface area contributed by atoms with E-state index in [1.165, 1.54) is 0 Å². The maximum Gasteiger partial charge on any atom is 0.326 e. The lowest BCUT2D eigenvalue weighted by Crippen LogP contribution is -2.47. The highest BCUT2D eigenvalue weighted by molar-refractivity contribution is 5.87. The summed E-state index contributed by atoms with van der Waals surface area (Å²) < 4.78 is 0. The third kappa shape index (κ3) is 2.70. The Bertz CT molecular complexity index is 224. The van der Waals surface area contributed by atoms with Gasteiger partial charge in [0, 0.05) is 0 Å². The molecule has 1 aliphatic heterocycles. The first-order valence-electron chi connectivity index (χ1n) is 4.91. The summed E-state index contributed by atoms with van der Waals surface area (Å²) in [6, 6.07) is -0.965. The fourth-order valence-corrected chi connectivity index (χ4v) is 1.52. The van der Waals surface area contributed by atoms with Crippen molar-refractivity contribution in [2.45, 2.75) is 38.3 Å². The number of carbonyl (C=O) groups is 2. The summed E-state index contributed by atoms with van der Waals surface area (Å²) >= 11 is 0. The SMILES string of the molecule is CC[C@H](NC(=O)[C@@H]1CCCN1)C(=O)O. The molecule has 0 bridgehead atoms. The number of hydrogen-bond acceptors (Lipinski definition) is 3. The van der Waals surface area contributed by atoms with E-state index in [0.717, 1.165) is 19.4 Å². The molecule has 5 heteroatoms. The van der Waals surface area contributed by atoms with Crippen molar-refractivity contribution in [2.24, 2.45) is 0 Å². The second-order valence-corrected chi connectivity index (χ2v) is 3.46. The second-order valence-electron chi connectivity index (χ2n) is 3.46. The minimum atomic E-state index is -0.973. The zero-order chi connectivity index (χ0) is 10.6. The van der Waals surface area contributed by atoms with Crippen molar-refractivity contribution in [3.05, 3.63) is 0 Å². The summed E-state index contributed by atoms with van der Waals surface area (Å²) in [5, 5.41) is 14.3. The minimum absolute atomic E-state index is 0.197. The Morgan fingerprint density at radius 3 is 2.79 bits per heavy atom. The molecule has 1 rings (SSSR count). The molecule has 1 aliphatic rings. The lowest BCUT2D eigenvalue weighted by molar-refractivity contribution is -0.142. The molecule has 14 heavy (non-hydrogen) atoms. The molecule has 0 aromatic rings. The van der Waals surface area contributed by atoms with E-state index >= 15 is 0 Å². The predicted octanol–water partition coefficient (Wildman–Crippen LogP) is -0.282. The van der Waals surface area contributed by atoms with Crippen LogP contribution in [0.2, 0.25) is 0 Å². The Labute approximate surface area is 82.9 Å². The van der Waals surface area contributed by atoms with Crippen molar-refractivity contribution in [1.29, 1.82) is 0 Å². The summed E-state index contributed by atoms with van der Waals surface area (Å²) in [6.45, 7) is 2.57. The number of nitrogens with one attached hydrogen (secondary N) is 2. The molecule has 5 nitrogen and oxygen atoms in total. The number of carboxylic acid groups (broad SMARTS) is 1. The van der Waals surface area contributed by atoms with E-state index in [2.05, 4.69) is 10.6 Å². The molecule has 0 aromatic heterocycles. The van der Waals surface area contributed by atoms with Crippen LogP contribution in [0.15, 0.2) is 0 Å². The van der Waals surface area contributed by atoms with Crippen LogP contribution >= 0.6 is 0 Å². The van der Waals surface area contributed by atoms with E-state index in [1.54, 1.807) is 6.92 Å². The molecule has 80 valence electrons. The number of carbonyl (C=O) groups excluding carboxylic acids is 1. The number of rotatable bonds is 4. The Hall–Kier alpha value is -1.10. The zero-order valence-corrected chi connectivity index (χ0v) is 8.25. The quantitative estimate of drug-likeness (QED) is 0.583. The van der Waals surface area contributed by atoms with E-state index in [1.807, 2.05) is 0 Å². The van der Waals surface area contributed by atoms with Gasteiger partial charge >= 0.3 is 5.97 Å². The maximum absolute atomic E-state index is 11.5. The standard InChI is InChI=1S/C9H16N2O3/c1-2-6(9(13)14)11-8(12)7-4-3-5-10-7/h6-7,10H,2-5H2,1H3,(H,11,12)(H,13,14)/t6-,7-/m0/s1. The van der Waals surface area contributed by atoms with Crippen molar-refractivity contribution >= 4 is 11.9 Å². The van der Waals surface area contributed by atoms with E-state index in [0.29, 0.717) is 6.42 Å². The maximum atomic E-state index is 11.5. The molecule has 1 heterocycles. The average molecular weight is 200 g/mol. The van der Waals surface area contributed by atoms with Gasteiger partial charge in [-0.1, -0.05) is 6.92 Å². The fraction of sp³-hybridized carbons (Fsp3) is 0.778. The van der Waals surface area contributed by atoms with Crippen molar-refractivity contribution in [2.75, 3.05) is 6.54 Å². The van der Waals surface area contributed by atoms with Crippen molar-refractivity contribution in [1.82, 2.24) is 10.6 Å². The van der Waals surface area contributed by atoms with Crippen LogP contribution in [0.1, 0.15) is 26.2 Å². The van der Waals surface area contributed by atoms with Crippen molar-refractivity contribution < 1.29 is 14.7 Å². The molecule has 3 N–H and O–H groups in total. The minimum Gasteiger partial charge on any atom is -0.480 e. The third-order valence-electron chi connectivity index (χ3n) is 2.40. The Morgan fingerprint density at radius 1 is 1.64 bits per heavy atom. The second kappa shape index (κ2) is 4.95. The summed E-state index contributed by atoms with van der Waals surface area (Å²) in [5.41, 5.74) is 0. The zero-order valence-electron chi connectivity index (χ0n) is 8.25. The molecule has 0 radical (unpaired) electrons. The van der Waals surface area contributed by atoms with Gasteiger partial charge < -0.3 is 15.7 Å². The van der Waals surface area contributed by atoms with Crippen molar-refractivity contribution in [3.63, 3.8) is 0 Å². The molecular weight excluding hydrogens is 184 g/mol. The van der Waals surface area contributed by atoms with Gasteiger partial charge in [0.15, 0.2) is 0 Å². The monoisotopic (exact) mass is 200 g/mol. The van der Waals surface area contributed by atoms with Crippen LogP contribution in [0.4, 0.5) is 0 Å². The van der Waals surface area contributed by atoms with E-state index in [-0.39, 0.29) is 11.9 Å². The van der Waals surface area contributed by atoms with Crippen LogP contribution in [-0.4, -0.2) is 35.6 Å². The van der Waals surface area contributed by atoms with Crippen molar-refractivity contribution in [3.8, 4) is 0 Å². The first-order chi connectivity index (χ1) is 6.65. The van der Waals surface area contributed by atoms with Gasteiger partial charge in [0.05, 0.1) is 6.04 Å². The Morgan fingerprint density at radius 2 is 2.36 bits per heavy atom. The van der Waals surface area contributed by atoms with Gasteiger partial charge in [0.25, 0.3) is 0 Å². The van der Waals surface area contributed by atoms with E-state index < -0.39 is 12.0 Å². The smallest absolute Gasteiger partial charge is 0.326 e. The molecule has 0 spiro atoms. The predicted molar refractivity (Wildman–Crippen MR) is 50.9 cm³/mol. The largest absolute Gasteiger partial charge is 0.480 e. The first kappa shape index (κ1) is 11.0. The highest BCUT2D eigenvalue weighted by Crippen LogP contribution is 2.05. The van der Waals surface area contributed by atoms with E-state index in [4.69, 9.17) is 5.11 Å². The number of hydrogen-bond donors (Lipinski definition) is 3. The lowest BCUT2D eigenvalue weighted by Gasteiger charge is -2.15. The Kier molecular flexibility index (Phi) is 3.88. The lowest BCUT2D eigenvalue weighted by atomic mass is 10.2. The van der Waals surface area contributed by atoms with Crippen LogP contribution in [-0.2, 0) is 9.59 Å². The summed E-state index contributed by atoms with van der Waals surface area (Å²) in [5.74, 6) is -1.17. The van der Waals surface area contributed by atoms with Gasteiger partial charge in [0.1, 0.15) is 6.04 Å². The van der Waals surface area contributed by atoms with Gasteiger partial charge in [-0.3, -0.25) is 4.79 Å². The van der Waals surface area contributed by atoms with Gasteiger partial charge in [-0.25, -0.2) is 4.79 Å². The molecule has 0 saturated carbocycles. The molecule has 1 saturated heterocycles. The summed E-state index contributed by atoms with van der Waals surface area (Å²) in [6.07, 6.45) is 2.18. The van der Waals surface area contributed by atoms with Crippen LogP contribution in [0.3, 0.4) is 0 Å². The van der Waals surface area contributed by atoms with Crippen LogP contribution in [0.25, 0.3) is 0 Å². The molecular formula is C9H16N2O3. The molecule has 2 atom stereocenters. The molecule has 0 aliphatic carbocycles. The Balaban J connectivity index is 2.41. The fourth-order valence-electron chi connectivity index (χ4n) is 1.52. The van der Waals surface area contributed by atoms with Crippen LogP contribution in [0, 0.1) is 0 Å². The highest BCUT2D eigenvalue weighted by Gasteiger charge is 2.25. The van der Waals surface area contributed by atoms with Gasteiger partial charge in [-0.15, -0.1) is 0 Å². The third-order valence-corrected chi connectivity index (χ3v) is 2.40. The average Bonchev–Trinajstić information content (AvgIpc) is 2.65. The highest BCUT2D eigenvalue weighted by atomic mass is 16.4. The molecule has 1 amide bonds.